The largest absolute Gasteiger partial charge is 0.480 e. The molecule has 1 aromatic heterocycles. The van der Waals surface area contributed by atoms with E-state index in [1.54, 1.807) is 6.20 Å². The van der Waals surface area contributed by atoms with Crippen molar-refractivity contribution in [2.75, 3.05) is 18.0 Å². The predicted octanol–water partition coefficient (Wildman–Crippen LogP) is 1.86. The molecule has 0 saturated carbocycles. The highest BCUT2D eigenvalue weighted by molar-refractivity contribution is 5.73. The topological polar surface area (TPSA) is 58.4 Å². The quantitative estimate of drug-likeness (QED) is 0.873. The van der Waals surface area contributed by atoms with Gasteiger partial charge in [-0.1, -0.05) is 17.7 Å². The van der Waals surface area contributed by atoms with Crippen LogP contribution in [0.1, 0.15) is 11.3 Å². The average Bonchev–Trinajstić information content (AvgIpc) is 2.81. The van der Waals surface area contributed by atoms with Crippen molar-refractivity contribution in [3.8, 4) is 0 Å². The summed E-state index contributed by atoms with van der Waals surface area (Å²) >= 11 is 0. The summed E-state index contributed by atoms with van der Waals surface area (Å²) in [5.41, 5.74) is 3.18. The second-order valence-corrected chi connectivity index (χ2v) is 4.85. The van der Waals surface area contributed by atoms with E-state index in [0.29, 0.717) is 6.54 Å². The van der Waals surface area contributed by atoms with Crippen LogP contribution in [0.2, 0.25) is 0 Å². The van der Waals surface area contributed by atoms with Gasteiger partial charge in [0, 0.05) is 37.6 Å². The number of nitrogens with zero attached hydrogens (tertiary/aromatic N) is 3. The number of benzene rings is 1. The second kappa shape index (κ2) is 6.23. The standard InChI is InChI=1S/C15H19N3O2/c1-12-3-5-14(6-4-12)18(11-15(19)20)10-8-13-7-9-16-17(13)2/h3-7,9H,8,10-11H2,1-2H3,(H,19,20). The lowest BCUT2D eigenvalue weighted by Crippen LogP contribution is -2.31. The van der Waals surface area contributed by atoms with Crippen molar-refractivity contribution in [1.29, 1.82) is 0 Å². The molecule has 0 saturated heterocycles. The monoisotopic (exact) mass is 273 g/mol. The molecule has 0 bridgehead atoms. The third kappa shape index (κ3) is 3.60. The van der Waals surface area contributed by atoms with Gasteiger partial charge in [0.15, 0.2) is 0 Å². The minimum atomic E-state index is -0.824. The summed E-state index contributed by atoms with van der Waals surface area (Å²) < 4.78 is 1.81. The van der Waals surface area contributed by atoms with Crippen LogP contribution in [0, 0.1) is 6.92 Å². The first-order valence-electron chi connectivity index (χ1n) is 6.56. The molecule has 0 spiro atoms. The minimum absolute atomic E-state index is 0.000905. The normalized spacial score (nSPS) is 10.5. The molecule has 0 fully saturated rings. The summed E-state index contributed by atoms with van der Waals surface area (Å²) in [6.45, 7) is 2.66. The highest BCUT2D eigenvalue weighted by Crippen LogP contribution is 2.15. The van der Waals surface area contributed by atoms with Crippen LogP contribution in [0.5, 0.6) is 0 Å². The zero-order chi connectivity index (χ0) is 14.5. The number of anilines is 1. The summed E-state index contributed by atoms with van der Waals surface area (Å²) in [4.78, 5) is 12.9. The minimum Gasteiger partial charge on any atom is -0.480 e. The SMILES string of the molecule is Cc1ccc(N(CCc2ccnn2C)CC(=O)O)cc1. The van der Waals surface area contributed by atoms with Gasteiger partial charge in [0.25, 0.3) is 0 Å². The third-order valence-electron chi connectivity index (χ3n) is 3.29. The number of aryl methyl sites for hydroxylation is 2. The fourth-order valence-electron chi connectivity index (χ4n) is 2.11. The van der Waals surface area contributed by atoms with Crippen molar-refractivity contribution in [2.24, 2.45) is 7.05 Å². The van der Waals surface area contributed by atoms with E-state index in [2.05, 4.69) is 5.10 Å². The summed E-state index contributed by atoms with van der Waals surface area (Å²) in [6, 6.07) is 9.86. The first-order chi connectivity index (χ1) is 9.56. The van der Waals surface area contributed by atoms with E-state index in [0.717, 1.165) is 23.4 Å². The summed E-state index contributed by atoms with van der Waals surface area (Å²) in [5.74, 6) is -0.824. The van der Waals surface area contributed by atoms with E-state index in [1.807, 2.05) is 53.9 Å². The van der Waals surface area contributed by atoms with Gasteiger partial charge < -0.3 is 10.0 Å². The summed E-state index contributed by atoms with van der Waals surface area (Å²) in [7, 11) is 1.89. The van der Waals surface area contributed by atoms with Crippen molar-refractivity contribution in [3.05, 3.63) is 47.8 Å². The van der Waals surface area contributed by atoms with Crippen LogP contribution in [0.25, 0.3) is 0 Å². The molecule has 0 unspecified atom stereocenters. The van der Waals surface area contributed by atoms with E-state index in [-0.39, 0.29) is 6.54 Å². The van der Waals surface area contributed by atoms with Crippen molar-refractivity contribution in [1.82, 2.24) is 9.78 Å². The molecule has 106 valence electrons. The Kier molecular flexibility index (Phi) is 4.40. The van der Waals surface area contributed by atoms with E-state index >= 15 is 0 Å². The first-order valence-corrected chi connectivity index (χ1v) is 6.56. The molecule has 0 atom stereocenters. The fraction of sp³-hybridized carbons (Fsp3) is 0.333. The smallest absolute Gasteiger partial charge is 0.323 e. The van der Waals surface area contributed by atoms with Crippen LogP contribution in [-0.2, 0) is 18.3 Å². The fourth-order valence-corrected chi connectivity index (χ4v) is 2.11. The lowest BCUT2D eigenvalue weighted by atomic mass is 10.2. The molecule has 1 heterocycles. The number of aliphatic carboxylic acids is 1. The molecule has 0 aliphatic carbocycles. The molecule has 0 amide bonds. The summed E-state index contributed by atoms with van der Waals surface area (Å²) in [5, 5.41) is 13.2. The van der Waals surface area contributed by atoms with Gasteiger partial charge in [0.1, 0.15) is 6.54 Å². The van der Waals surface area contributed by atoms with Crippen molar-refractivity contribution >= 4 is 11.7 Å². The highest BCUT2D eigenvalue weighted by Gasteiger charge is 2.11. The molecule has 0 aliphatic rings. The number of carboxylic acids is 1. The van der Waals surface area contributed by atoms with Gasteiger partial charge in [-0.05, 0) is 25.1 Å². The van der Waals surface area contributed by atoms with Gasteiger partial charge in [0.05, 0.1) is 0 Å². The number of hydrogen-bond acceptors (Lipinski definition) is 3. The molecule has 20 heavy (non-hydrogen) atoms. The van der Waals surface area contributed by atoms with E-state index < -0.39 is 5.97 Å². The maximum atomic E-state index is 11.0. The van der Waals surface area contributed by atoms with Gasteiger partial charge in [-0.25, -0.2) is 0 Å². The zero-order valence-corrected chi connectivity index (χ0v) is 11.8. The van der Waals surface area contributed by atoms with Gasteiger partial charge >= 0.3 is 5.97 Å². The summed E-state index contributed by atoms with van der Waals surface area (Å²) in [6.07, 6.45) is 2.51. The number of rotatable bonds is 6. The molecule has 2 rings (SSSR count). The Morgan fingerprint density at radius 1 is 1.30 bits per heavy atom. The molecule has 1 aromatic carbocycles. The van der Waals surface area contributed by atoms with Crippen LogP contribution in [0.4, 0.5) is 5.69 Å². The van der Waals surface area contributed by atoms with Gasteiger partial charge in [-0.2, -0.15) is 5.10 Å². The van der Waals surface area contributed by atoms with E-state index in [1.165, 1.54) is 0 Å². The van der Waals surface area contributed by atoms with Crippen LogP contribution in [0.3, 0.4) is 0 Å². The zero-order valence-electron chi connectivity index (χ0n) is 11.8. The molecule has 5 heteroatoms. The van der Waals surface area contributed by atoms with Crippen LogP contribution in [0.15, 0.2) is 36.5 Å². The molecule has 0 aliphatic heterocycles. The Labute approximate surface area is 118 Å². The van der Waals surface area contributed by atoms with Gasteiger partial charge in [-0.3, -0.25) is 9.48 Å². The van der Waals surface area contributed by atoms with Crippen molar-refractivity contribution in [3.63, 3.8) is 0 Å². The van der Waals surface area contributed by atoms with Gasteiger partial charge in [-0.15, -0.1) is 0 Å². The Balaban J connectivity index is 2.09. The molecule has 5 nitrogen and oxygen atoms in total. The Morgan fingerprint density at radius 2 is 2.00 bits per heavy atom. The lowest BCUT2D eigenvalue weighted by Gasteiger charge is -2.23. The lowest BCUT2D eigenvalue weighted by molar-refractivity contribution is -0.135. The number of carbonyl (C=O) groups is 1. The number of aromatic nitrogens is 2. The van der Waals surface area contributed by atoms with Crippen molar-refractivity contribution < 1.29 is 9.90 Å². The number of hydrogen-bond donors (Lipinski definition) is 1. The maximum Gasteiger partial charge on any atom is 0.323 e. The second-order valence-electron chi connectivity index (χ2n) is 4.85. The average molecular weight is 273 g/mol. The van der Waals surface area contributed by atoms with E-state index in [4.69, 9.17) is 5.11 Å². The number of carboxylic acid groups (broad SMARTS) is 1. The molecular formula is C15H19N3O2. The van der Waals surface area contributed by atoms with Crippen LogP contribution >= 0.6 is 0 Å². The Hall–Kier alpha value is -2.30. The molecular weight excluding hydrogens is 254 g/mol. The third-order valence-corrected chi connectivity index (χ3v) is 3.29. The molecule has 1 N–H and O–H groups in total. The highest BCUT2D eigenvalue weighted by atomic mass is 16.4. The van der Waals surface area contributed by atoms with Crippen molar-refractivity contribution in [2.45, 2.75) is 13.3 Å². The first kappa shape index (κ1) is 14.1. The Bertz CT molecular complexity index is 575. The van der Waals surface area contributed by atoms with Gasteiger partial charge in [0.2, 0.25) is 0 Å². The van der Waals surface area contributed by atoms with Crippen LogP contribution in [-0.4, -0.2) is 33.9 Å². The predicted molar refractivity (Wildman–Crippen MR) is 77.9 cm³/mol. The Morgan fingerprint density at radius 3 is 2.55 bits per heavy atom. The molecule has 2 aromatic rings. The van der Waals surface area contributed by atoms with Crippen LogP contribution < -0.4 is 4.90 Å². The molecule has 0 radical (unpaired) electrons. The van der Waals surface area contributed by atoms with E-state index in [9.17, 15) is 4.79 Å². The maximum absolute atomic E-state index is 11.0.